The van der Waals surface area contributed by atoms with Crippen LogP contribution in [0.25, 0.3) is 0 Å². The van der Waals surface area contributed by atoms with E-state index in [0.29, 0.717) is 5.92 Å². The van der Waals surface area contributed by atoms with Crippen molar-refractivity contribution in [2.45, 2.75) is 47.6 Å². The molecule has 2 heteroatoms. The van der Waals surface area contributed by atoms with Crippen molar-refractivity contribution in [3.63, 3.8) is 0 Å². The fraction of sp³-hybridized carbons (Fsp3) is 0.769. The third kappa shape index (κ3) is 2.24. The number of allylic oxidation sites excluding steroid dienone is 1. The molecular formula is C13H22O2. The molecule has 2 atom stereocenters. The number of carbonyl (C=O) groups excluding carboxylic acids is 1. The van der Waals surface area contributed by atoms with Crippen molar-refractivity contribution in [1.29, 1.82) is 0 Å². The highest BCUT2D eigenvalue weighted by molar-refractivity contribution is 5.72. The van der Waals surface area contributed by atoms with Gasteiger partial charge in [0.15, 0.2) is 0 Å². The second-order valence-electron chi connectivity index (χ2n) is 5.47. The Kier molecular flexibility index (Phi) is 3.27. The molecule has 0 spiro atoms. The van der Waals surface area contributed by atoms with Crippen molar-refractivity contribution in [2.24, 2.45) is 17.3 Å². The van der Waals surface area contributed by atoms with Gasteiger partial charge in [-0.3, -0.25) is 4.79 Å². The summed E-state index contributed by atoms with van der Waals surface area (Å²) in [7, 11) is 0. The van der Waals surface area contributed by atoms with E-state index in [-0.39, 0.29) is 23.4 Å². The van der Waals surface area contributed by atoms with Gasteiger partial charge in [0, 0.05) is 5.41 Å². The van der Waals surface area contributed by atoms with Gasteiger partial charge in [0.2, 0.25) is 0 Å². The monoisotopic (exact) mass is 210 g/mol. The van der Waals surface area contributed by atoms with E-state index in [4.69, 9.17) is 4.74 Å². The Morgan fingerprint density at radius 1 is 1.47 bits per heavy atom. The summed E-state index contributed by atoms with van der Waals surface area (Å²) in [6, 6.07) is 0. The maximum atomic E-state index is 11.5. The van der Waals surface area contributed by atoms with E-state index in [9.17, 15) is 4.79 Å². The molecule has 15 heavy (non-hydrogen) atoms. The molecule has 1 rings (SSSR count). The van der Waals surface area contributed by atoms with E-state index in [1.807, 2.05) is 13.8 Å². The second-order valence-corrected chi connectivity index (χ2v) is 5.47. The Morgan fingerprint density at radius 3 is 2.33 bits per heavy atom. The van der Waals surface area contributed by atoms with Crippen LogP contribution in [0.3, 0.4) is 0 Å². The zero-order valence-corrected chi connectivity index (χ0v) is 10.6. The summed E-state index contributed by atoms with van der Waals surface area (Å²) in [6.07, 6.45) is 2.02. The van der Waals surface area contributed by atoms with Crippen LogP contribution in [0.1, 0.15) is 41.5 Å². The fourth-order valence-electron chi connectivity index (χ4n) is 1.88. The molecule has 1 aliphatic carbocycles. The lowest BCUT2D eigenvalue weighted by Crippen LogP contribution is -2.34. The third-order valence-electron chi connectivity index (χ3n) is 3.66. The summed E-state index contributed by atoms with van der Waals surface area (Å²) in [6.45, 7) is 12.3. The van der Waals surface area contributed by atoms with Crippen molar-refractivity contribution in [3.8, 4) is 0 Å². The van der Waals surface area contributed by atoms with Crippen molar-refractivity contribution in [3.05, 3.63) is 11.6 Å². The molecule has 0 N–H and O–H groups in total. The first-order valence-corrected chi connectivity index (χ1v) is 5.65. The van der Waals surface area contributed by atoms with Crippen LogP contribution in [0.5, 0.6) is 0 Å². The van der Waals surface area contributed by atoms with Crippen molar-refractivity contribution >= 4 is 5.97 Å². The van der Waals surface area contributed by atoms with E-state index in [0.717, 1.165) is 0 Å². The van der Waals surface area contributed by atoms with Gasteiger partial charge < -0.3 is 4.74 Å². The Hall–Kier alpha value is -0.790. The summed E-state index contributed by atoms with van der Waals surface area (Å²) in [4.78, 5) is 11.5. The number of hydrogen-bond acceptors (Lipinski definition) is 2. The summed E-state index contributed by atoms with van der Waals surface area (Å²) in [5.74, 6) is 0.319. The molecular weight excluding hydrogens is 188 g/mol. The molecule has 0 amide bonds. The Balaban J connectivity index is 2.76. The molecule has 0 aromatic heterocycles. The standard InChI is InChI=1S/C13H22O2/c1-8(2)12(14)15-11-7-9(3)10(4)13(11,5)6/h7-8,10-11H,1-6H3/t10-,11-/m1/s1. The number of esters is 1. The largest absolute Gasteiger partial charge is 0.457 e. The van der Waals surface area contributed by atoms with Crippen LogP contribution in [-0.2, 0) is 9.53 Å². The SMILES string of the molecule is CC1=C[C@@H](OC(=O)C(C)C)C(C)(C)[C@@H]1C. The Labute approximate surface area is 92.7 Å². The van der Waals surface area contributed by atoms with Crippen LogP contribution in [0.4, 0.5) is 0 Å². The molecule has 0 aromatic rings. The molecule has 2 nitrogen and oxygen atoms in total. The van der Waals surface area contributed by atoms with E-state index in [1.54, 1.807) is 0 Å². The third-order valence-corrected chi connectivity index (χ3v) is 3.66. The van der Waals surface area contributed by atoms with Crippen LogP contribution in [0.2, 0.25) is 0 Å². The highest BCUT2D eigenvalue weighted by Crippen LogP contribution is 2.43. The van der Waals surface area contributed by atoms with E-state index >= 15 is 0 Å². The zero-order chi connectivity index (χ0) is 11.8. The van der Waals surface area contributed by atoms with E-state index in [2.05, 4.69) is 33.8 Å². The zero-order valence-electron chi connectivity index (χ0n) is 10.6. The molecule has 0 aromatic carbocycles. The molecule has 0 heterocycles. The van der Waals surface area contributed by atoms with Crippen LogP contribution in [-0.4, -0.2) is 12.1 Å². The molecule has 0 saturated carbocycles. The molecule has 0 fully saturated rings. The fourth-order valence-corrected chi connectivity index (χ4v) is 1.88. The van der Waals surface area contributed by atoms with Crippen LogP contribution in [0, 0.1) is 17.3 Å². The predicted molar refractivity (Wildman–Crippen MR) is 61.4 cm³/mol. The smallest absolute Gasteiger partial charge is 0.308 e. The minimum atomic E-state index is -0.105. The minimum Gasteiger partial charge on any atom is -0.457 e. The lowest BCUT2D eigenvalue weighted by atomic mass is 9.78. The molecule has 0 unspecified atom stereocenters. The van der Waals surface area contributed by atoms with Crippen molar-refractivity contribution < 1.29 is 9.53 Å². The first kappa shape index (κ1) is 12.3. The summed E-state index contributed by atoms with van der Waals surface area (Å²) in [5, 5.41) is 0. The van der Waals surface area contributed by atoms with E-state index in [1.165, 1.54) is 5.57 Å². The van der Waals surface area contributed by atoms with Gasteiger partial charge in [-0.2, -0.15) is 0 Å². The number of rotatable bonds is 2. The van der Waals surface area contributed by atoms with Gasteiger partial charge in [0.1, 0.15) is 6.10 Å². The average Bonchev–Trinajstić information content (AvgIpc) is 2.30. The number of carbonyl (C=O) groups is 1. The van der Waals surface area contributed by atoms with Crippen molar-refractivity contribution in [2.75, 3.05) is 0 Å². The molecule has 0 aliphatic heterocycles. The molecule has 86 valence electrons. The number of hydrogen-bond donors (Lipinski definition) is 0. The van der Waals surface area contributed by atoms with Gasteiger partial charge in [-0.15, -0.1) is 0 Å². The molecule has 0 radical (unpaired) electrons. The lowest BCUT2D eigenvalue weighted by molar-refractivity contribution is -0.155. The van der Waals surface area contributed by atoms with Gasteiger partial charge >= 0.3 is 5.97 Å². The van der Waals surface area contributed by atoms with Crippen LogP contribution < -0.4 is 0 Å². The van der Waals surface area contributed by atoms with Gasteiger partial charge in [0.05, 0.1) is 5.92 Å². The Bertz CT molecular complexity index is 287. The summed E-state index contributed by atoms with van der Waals surface area (Å²) >= 11 is 0. The summed E-state index contributed by atoms with van der Waals surface area (Å²) in [5.41, 5.74) is 1.34. The van der Waals surface area contributed by atoms with Crippen LogP contribution >= 0.6 is 0 Å². The normalized spacial score (nSPS) is 29.1. The quantitative estimate of drug-likeness (QED) is 0.517. The maximum absolute atomic E-state index is 11.5. The molecule has 1 aliphatic rings. The predicted octanol–water partition coefficient (Wildman–Crippen LogP) is 3.18. The van der Waals surface area contributed by atoms with Crippen LogP contribution in [0.15, 0.2) is 11.6 Å². The second kappa shape index (κ2) is 3.99. The first-order chi connectivity index (χ1) is 6.76. The lowest BCUT2D eigenvalue weighted by Gasteiger charge is -2.31. The average molecular weight is 210 g/mol. The van der Waals surface area contributed by atoms with Gasteiger partial charge in [-0.25, -0.2) is 0 Å². The van der Waals surface area contributed by atoms with Crippen molar-refractivity contribution in [1.82, 2.24) is 0 Å². The van der Waals surface area contributed by atoms with Gasteiger partial charge in [-0.05, 0) is 18.9 Å². The highest BCUT2D eigenvalue weighted by atomic mass is 16.5. The topological polar surface area (TPSA) is 26.3 Å². The van der Waals surface area contributed by atoms with Gasteiger partial charge in [0.25, 0.3) is 0 Å². The molecule has 0 bridgehead atoms. The maximum Gasteiger partial charge on any atom is 0.308 e. The van der Waals surface area contributed by atoms with E-state index < -0.39 is 0 Å². The molecule has 0 saturated heterocycles. The van der Waals surface area contributed by atoms with Gasteiger partial charge in [-0.1, -0.05) is 40.2 Å². The summed E-state index contributed by atoms with van der Waals surface area (Å²) < 4.78 is 5.51. The minimum absolute atomic E-state index is 0.0225. The first-order valence-electron chi connectivity index (χ1n) is 5.65. The Morgan fingerprint density at radius 2 is 2.00 bits per heavy atom. The number of ether oxygens (including phenoxy) is 1. The highest BCUT2D eigenvalue weighted by Gasteiger charge is 2.42.